The van der Waals surface area contributed by atoms with Crippen LogP contribution < -0.4 is 15.0 Å². The van der Waals surface area contributed by atoms with E-state index in [2.05, 4.69) is 14.7 Å². The molecule has 0 spiro atoms. The smallest absolute Gasteiger partial charge is 0.335 e. The number of methoxy groups -OCH3 is 1. The number of rotatable bonds is 6. The van der Waals surface area contributed by atoms with Crippen molar-refractivity contribution in [2.75, 3.05) is 13.7 Å². The van der Waals surface area contributed by atoms with Crippen molar-refractivity contribution in [3.05, 3.63) is 52.3 Å². The summed E-state index contributed by atoms with van der Waals surface area (Å²) in [5.74, 6) is -0.737. The zero-order valence-corrected chi connectivity index (χ0v) is 15.8. The van der Waals surface area contributed by atoms with E-state index in [1.54, 1.807) is 6.92 Å². The number of fused-ring (bicyclic) bond motifs is 1. The third-order valence-electron chi connectivity index (χ3n) is 4.02. The lowest BCUT2D eigenvalue weighted by atomic mass is 10.1. The Morgan fingerprint density at radius 3 is 2.64 bits per heavy atom. The number of carboxylic acids is 1. The SMILES string of the molecule is CCNS(=O)(=O)c1ccc(OC)c(-c2nc3ccc(C(=O)O)cc3c(=O)[nH]2)c1. The number of carbonyl (C=O) groups is 1. The van der Waals surface area contributed by atoms with Gasteiger partial charge in [-0.15, -0.1) is 0 Å². The topological polar surface area (TPSA) is 138 Å². The number of nitrogens with one attached hydrogen (secondary N) is 2. The summed E-state index contributed by atoms with van der Waals surface area (Å²) in [6.45, 7) is 1.89. The van der Waals surface area contributed by atoms with Crippen molar-refractivity contribution in [2.45, 2.75) is 11.8 Å². The van der Waals surface area contributed by atoms with Crippen molar-refractivity contribution >= 4 is 26.9 Å². The number of aromatic nitrogens is 2. The summed E-state index contributed by atoms with van der Waals surface area (Å²) in [6, 6.07) is 8.20. The molecule has 0 fully saturated rings. The Kier molecular flexibility index (Phi) is 5.16. The van der Waals surface area contributed by atoms with Gasteiger partial charge in [-0.3, -0.25) is 4.79 Å². The van der Waals surface area contributed by atoms with Gasteiger partial charge < -0.3 is 14.8 Å². The monoisotopic (exact) mass is 403 g/mol. The van der Waals surface area contributed by atoms with E-state index in [0.717, 1.165) is 0 Å². The van der Waals surface area contributed by atoms with E-state index in [1.165, 1.54) is 43.5 Å². The van der Waals surface area contributed by atoms with E-state index in [4.69, 9.17) is 9.84 Å². The quantitative estimate of drug-likeness (QED) is 0.568. The lowest BCUT2D eigenvalue weighted by Crippen LogP contribution is -2.23. The zero-order chi connectivity index (χ0) is 20.5. The molecule has 0 bridgehead atoms. The fourth-order valence-corrected chi connectivity index (χ4v) is 3.78. The van der Waals surface area contributed by atoms with Gasteiger partial charge >= 0.3 is 5.97 Å². The molecule has 0 saturated carbocycles. The number of sulfonamides is 1. The van der Waals surface area contributed by atoms with Crippen molar-refractivity contribution in [1.82, 2.24) is 14.7 Å². The van der Waals surface area contributed by atoms with Gasteiger partial charge in [-0.05, 0) is 36.4 Å². The third kappa shape index (κ3) is 3.59. The van der Waals surface area contributed by atoms with Crippen LogP contribution in [-0.4, -0.2) is 43.1 Å². The molecular formula is C18H17N3O6S. The Bertz CT molecular complexity index is 1230. The zero-order valence-electron chi connectivity index (χ0n) is 15.0. The Morgan fingerprint density at radius 1 is 1.25 bits per heavy atom. The number of aromatic carboxylic acids is 1. The van der Waals surface area contributed by atoms with E-state index in [-0.39, 0.29) is 39.3 Å². The molecule has 0 saturated heterocycles. The molecule has 0 atom stereocenters. The Morgan fingerprint density at radius 2 is 2.00 bits per heavy atom. The molecule has 3 rings (SSSR count). The number of hydrogen-bond donors (Lipinski definition) is 3. The fraction of sp³-hybridized carbons (Fsp3) is 0.167. The van der Waals surface area contributed by atoms with Gasteiger partial charge in [0.05, 0.1) is 34.0 Å². The number of ether oxygens (including phenoxy) is 1. The number of benzene rings is 2. The van der Waals surface area contributed by atoms with Crippen LogP contribution in [0.3, 0.4) is 0 Å². The maximum absolute atomic E-state index is 12.5. The second-order valence-electron chi connectivity index (χ2n) is 5.82. The van der Waals surface area contributed by atoms with Crippen LogP contribution in [0.1, 0.15) is 17.3 Å². The molecule has 0 aliphatic heterocycles. The van der Waals surface area contributed by atoms with Gasteiger partial charge in [-0.2, -0.15) is 0 Å². The van der Waals surface area contributed by atoms with Crippen LogP contribution in [0.2, 0.25) is 0 Å². The first kappa shape index (κ1) is 19.5. The number of hydrogen-bond acceptors (Lipinski definition) is 6. The van der Waals surface area contributed by atoms with Crippen molar-refractivity contribution in [2.24, 2.45) is 0 Å². The largest absolute Gasteiger partial charge is 0.496 e. The first-order chi connectivity index (χ1) is 13.3. The minimum absolute atomic E-state index is 0.00544. The fourth-order valence-electron chi connectivity index (χ4n) is 2.71. The van der Waals surface area contributed by atoms with Crippen molar-refractivity contribution in [1.29, 1.82) is 0 Å². The highest BCUT2D eigenvalue weighted by Crippen LogP contribution is 2.30. The van der Waals surface area contributed by atoms with Crippen LogP contribution in [0.5, 0.6) is 5.75 Å². The molecule has 0 aliphatic rings. The number of H-pyrrole nitrogens is 1. The predicted molar refractivity (Wildman–Crippen MR) is 102 cm³/mol. The number of carboxylic acid groups (broad SMARTS) is 1. The highest BCUT2D eigenvalue weighted by molar-refractivity contribution is 7.89. The number of aromatic amines is 1. The first-order valence-corrected chi connectivity index (χ1v) is 9.70. The summed E-state index contributed by atoms with van der Waals surface area (Å²) in [5.41, 5.74) is -0.0394. The molecule has 0 radical (unpaired) electrons. The molecule has 3 N–H and O–H groups in total. The number of nitrogens with zero attached hydrogens (tertiary/aromatic N) is 1. The van der Waals surface area contributed by atoms with Gasteiger partial charge in [0, 0.05) is 6.54 Å². The molecule has 28 heavy (non-hydrogen) atoms. The highest BCUT2D eigenvalue weighted by Gasteiger charge is 2.18. The molecule has 3 aromatic rings. The first-order valence-electron chi connectivity index (χ1n) is 8.22. The van der Waals surface area contributed by atoms with Crippen LogP contribution in [-0.2, 0) is 10.0 Å². The maximum Gasteiger partial charge on any atom is 0.335 e. The molecule has 0 unspecified atom stereocenters. The Balaban J connectivity index is 2.22. The molecule has 1 aromatic heterocycles. The molecule has 0 aliphatic carbocycles. The maximum atomic E-state index is 12.5. The van der Waals surface area contributed by atoms with Gasteiger partial charge in [0.2, 0.25) is 10.0 Å². The second kappa shape index (κ2) is 7.41. The Labute approximate surface area is 160 Å². The minimum Gasteiger partial charge on any atom is -0.496 e. The van der Waals surface area contributed by atoms with Crippen LogP contribution in [0, 0.1) is 0 Å². The van der Waals surface area contributed by atoms with Crippen molar-refractivity contribution in [3.8, 4) is 17.1 Å². The summed E-state index contributed by atoms with van der Waals surface area (Å²) >= 11 is 0. The summed E-state index contributed by atoms with van der Waals surface area (Å²) in [6.07, 6.45) is 0. The average molecular weight is 403 g/mol. The van der Waals surface area contributed by atoms with E-state index < -0.39 is 21.6 Å². The molecule has 1 heterocycles. The van der Waals surface area contributed by atoms with E-state index in [0.29, 0.717) is 5.75 Å². The summed E-state index contributed by atoms with van der Waals surface area (Å²) < 4.78 is 32.3. The Hall–Kier alpha value is -3.24. The van der Waals surface area contributed by atoms with Gasteiger partial charge in [0.15, 0.2) is 0 Å². The molecule has 0 amide bonds. The van der Waals surface area contributed by atoms with E-state index >= 15 is 0 Å². The molecule has 146 valence electrons. The van der Waals surface area contributed by atoms with Crippen LogP contribution in [0.15, 0.2) is 46.1 Å². The average Bonchev–Trinajstić information content (AvgIpc) is 2.67. The van der Waals surface area contributed by atoms with Gasteiger partial charge in [-0.1, -0.05) is 6.92 Å². The lowest BCUT2D eigenvalue weighted by molar-refractivity contribution is 0.0697. The van der Waals surface area contributed by atoms with Crippen molar-refractivity contribution < 1.29 is 23.1 Å². The lowest BCUT2D eigenvalue weighted by Gasteiger charge is -2.11. The van der Waals surface area contributed by atoms with Gasteiger partial charge in [-0.25, -0.2) is 22.9 Å². The summed E-state index contributed by atoms with van der Waals surface area (Å²) in [7, 11) is -2.31. The second-order valence-corrected chi connectivity index (χ2v) is 7.58. The van der Waals surface area contributed by atoms with Crippen LogP contribution in [0.25, 0.3) is 22.3 Å². The molecule has 10 heteroatoms. The molecule has 9 nitrogen and oxygen atoms in total. The van der Waals surface area contributed by atoms with E-state index in [1.807, 2.05) is 0 Å². The van der Waals surface area contributed by atoms with Crippen LogP contribution in [0.4, 0.5) is 0 Å². The third-order valence-corrected chi connectivity index (χ3v) is 5.57. The van der Waals surface area contributed by atoms with Gasteiger partial charge in [0.1, 0.15) is 11.6 Å². The molecular weight excluding hydrogens is 386 g/mol. The van der Waals surface area contributed by atoms with Crippen molar-refractivity contribution in [3.63, 3.8) is 0 Å². The molecule has 2 aromatic carbocycles. The predicted octanol–water partition coefficient (Wildman–Crippen LogP) is 1.60. The van der Waals surface area contributed by atoms with Crippen LogP contribution >= 0.6 is 0 Å². The summed E-state index contributed by atoms with van der Waals surface area (Å²) in [5, 5.41) is 9.18. The normalized spacial score (nSPS) is 11.5. The minimum atomic E-state index is -3.72. The summed E-state index contributed by atoms with van der Waals surface area (Å²) in [4.78, 5) is 30.5. The van der Waals surface area contributed by atoms with Gasteiger partial charge in [0.25, 0.3) is 5.56 Å². The standard InChI is InChI=1S/C18H17N3O6S/c1-3-19-28(25,26)11-5-7-15(27-2)13(9-11)16-20-14-6-4-10(18(23)24)8-12(14)17(22)21-16/h4-9,19H,3H2,1-2H3,(H,23,24)(H,20,21,22). The van der Waals surface area contributed by atoms with E-state index in [9.17, 15) is 18.0 Å². The highest BCUT2D eigenvalue weighted by atomic mass is 32.2.